The molecule has 1 atom stereocenters. The average Bonchev–Trinajstić information content (AvgIpc) is 3.32. The Morgan fingerprint density at radius 2 is 1.78 bits per heavy atom. The first-order chi connectivity index (χ1) is 17.5. The van der Waals surface area contributed by atoms with Crippen LogP contribution in [0.2, 0.25) is 0 Å². The van der Waals surface area contributed by atoms with Gasteiger partial charge < -0.3 is 5.73 Å². The van der Waals surface area contributed by atoms with E-state index in [0.717, 1.165) is 30.0 Å². The lowest BCUT2D eigenvalue weighted by molar-refractivity contribution is -0.191. The molecule has 11 nitrogen and oxygen atoms in total. The Hall–Kier alpha value is -4.78. The van der Waals surface area contributed by atoms with Crippen molar-refractivity contribution in [3.63, 3.8) is 0 Å². The number of nitrogens with two attached hydrogens (primary N) is 1. The fourth-order valence-electron chi connectivity index (χ4n) is 3.89. The molecule has 1 fully saturated rings. The van der Waals surface area contributed by atoms with Crippen LogP contribution in [-0.4, -0.2) is 54.1 Å². The zero-order valence-electron chi connectivity index (χ0n) is 19.6. The number of rotatable bonds is 6. The minimum absolute atomic E-state index is 0.133. The lowest BCUT2D eigenvalue weighted by atomic mass is 10.1. The van der Waals surface area contributed by atoms with Crippen LogP contribution in [-0.2, 0) is 16.1 Å². The van der Waals surface area contributed by atoms with Gasteiger partial charge in [0.15, 0.2) is 0 Å². The summed E-state index contributed by atoms with van der Waals surface area (Å²) in [6.07, 6.45) is 3.33. The summed E-state index contributed by atoms with van der Waals surface area (Å²) in [5.41, 5.74) is 11.1. The summed E-state index contributed by atoms with van der Waals surface area (Å²) in [6, 6.07) is 17.6. The topological polar surface area (TPSA) is 157 Å². The zero-order valence-corrected chi connectivity index (χ0v) is 19.6. The molecule has 1 unspecified atom stereocenters. The lowest BCUT2D eigenvalue weighted by Gasteiger charge is -2.36. The number of aromatic nitrogens is 6. The van der Waals surface area contributed by atoms with E-state index in [9.17, 15) is 5.26 Å². The molecule has 36 heavy (non-hydrogen) atoms. The lowest BCUT2D eigenvalue weighted by Crippen LogP contribution is -2.39. The third-order valence-corrected chi connectivity index (χ3v) is 5.85. The van der Waals surface area contributed by atoms with Crippen molar-refractivity contribution >= 4 is 12.1 Å². The molecule has 3 aromatic heterocycles. The minimum Gasteiger partial charge on any atom is -0.368 e. The molecule has 4 heterocycles. The van der Waals surface area contributed by atoms with Gasteiger partial charge >= 0.3 is 6.15 Å². The number of likely N-dealkylation sites (tertiary alicyclic amines) is 1. The largest absolute Gasteiger partial charge is 0.373 e. The number of nitrogen functional groups attached to an aromatic ring is 1. The van der Waals surface area contributed by atoms with E-state index in [1.54, 1.807) is 22.9 Å². The highest BCUT2D eigenvalue weighted by atomic mass is 16.2. The molecule has 1 saturated heterocycles. The number of nitriles is 1. The fraction of sp³-hybridized carbons (Fsp3) is 0.240. The van der Waals surface area contributed by atoms with Crippen LogP contribution in [0, 0.1) is 11.3 Å². The van der Waals surface area contributed by atoms with Crippen molar-refractivity contribution in [1.29, 1.82) is 5.26 Å². The van der Waals surface area contributed by atoms with E-state index in [4.69, 9.17) is 20.3 Å². The molecule has 0 bridgehead atoms. The van der Waals surface area contributed by atoms with Crippen LogP contribution in [0.1, 0.15) is 36.3 Å². The van der Waals surface area contributed by atoms with Crippen molar-refractivity contribution in [2.75, 3.05) is 18.8 Å². The number of carbonyl (C=O) groups excluding carboxylic acids is 2. The monoisotopic (exact) mass is 481 g/mol. The summed E-state index contributed by atoms with van der Waals surface area (Å²) in [5, 5.41) is 17.7. The van der Waals surface area contributed by atoms with Crippen molar-refractivity contribution in [3.05, 3.63) is 71.7 Å². The molecule has 11 heteroatoms. The predicted octanol–water partition coefficient (Wildman–Crippen LogP) is 2.48. The van der Waals surface area contributed by atoms with E-state index in [1.165, 1.54) is 6.42 Å². The molecular formula is C25H23N9O2. The van der Waals surface area contributed by atoms with Crippen LogP contribution >= 0.6 is 0 Å². The molecule has 1 aromatic carbocycles. The summed E-state index contributed by atoms with van der Waals surface area (Å²) in [6.45, 7) is 4.96. The van der Waals surface area contributed by atoms with Crippen LogP contribution in [0.15, 0.2) is 54.7 Å². The number of nitrogens with zero attached hydrogens (tertiary/aromatic N) is 8. The second-order valence-electron chi connectivity index (χ2n) is 8.19. The molecule has 0 amide bonds. The van der Waals surface area contributed by atoms with Gasteiger partial charge in [-0.3, -0.25) is 9.88 Å². The predicted molar refractivity (Wildman–Crippen MR) is 129 cm³/mol. The summed E-state index contributed by atoms with van der Waals surface area (Å²) in [7, 11) is 0. The highest BCUT2D eigenvalue weighted by Crippen LogP contribution is 2.25. The Morgan fingerprint density at radius 3 is 2.50 bits per heavy atom. The molecular weight excluding hydrogens is 458 g/mol. The van der Waals surface area contributed by atoms with Gasteiger partial charge in [0.2, 0.25) is 5.95 Å². The second kappa shape index (κ2) is 11.1. The van der Waals surface area contributed by atoms with Gasteiger partial charge in [0.1, 0.15) is 5.69 Å². The van der Waals surface area contributed by atoms with Crippen molar-refractivity contribution < 1.29 is 9.59 Å². The smallest absolute Gasteiger partial charge is 0.368 e. The van der Waals surface area contributed by atoms with Gasteiger partial charge in [-0.1, -0.05) is 23.4 Å². The van der Waals surface area contributed by atoms with Crippen molar-refractivity contribution in [1.82, 2.24) is 34.8 Å². The third-order valence-electron chi connectivity index (χ3n) is 5.85. The maximum absolute atomic E-state index is 9.17. The minimum atomic E-state index is 0.133. The van der Waals surface area contributed by atoms with E-state index in [1.807, 2.05) is 30.5 Å². The van der Waals surface area contributed by atoms with Gasteiger partial charge in [-0.2, -0.15) is 14.9 Å². The Bertz CT molecular complexity index is 1430. The van der Waals surface area contributed by atoms with Gasteiger partial charge in [0.25, 0.3) is 0 Å². The van der Waals surface area contributed by atoms with Crippen molar-refractivity contribution in [3.8, 4) is 28.7 Å². The highest BCUT2D eigenvalue weighted by Gasteiger charge is 2.22. The van der Waals surface area contributed by atoms with Crippen LogP contribution in [0.4, 0.5) is 5.95 Å². The quantitative estimate of drug-likeness (QED) is 0.434. The highest BCUT2D eigenvalue weighted by molar-refractivity contribution is 5.68. The molecule has 0 spiro atoms. The molecule has 0 radical (unpaired) electrons. The number of hydrogen-bond donors (Lipinski definition) is 1. The molecule has 4 aromatic rings. The zero-order chi connectivity index (χ0) is 25.5. The first-order valence-corrected chi connectivity index (χ1v) is 11.3. The maximum Gasteiger partial charge on any atom is 0.373 e. The van der Waals surface area contributed by atoms with E-state index >= 15 is 0 Å². The Morgan fingerprint density at radius 1 is 1.03 bits per heavy atom. The summed E-state index contributed by atoms with van der Waals surface area (Å²) in [5.74, 6) is 0.133. The molecule has 1 aliphatic rings. The normalized spacial score (nSPS) is 13.4. The van der Waals surface area contributed by atoms with Crippen LogP contribution in [0.3, 0.4) is 0 Å². The molecule has 1 aliphatic heterocycles. The van der Waals surface area contributed by atoms with E-state index < -0.39 is 0 Å². The molecule has 5 rings (SSSR count). The van der Waals surface area contributed by atoms with Gasteiger partial charge in [0.05, 0.1) is 47.1 Å². The third kappa shape index (κ3) is 5.64. The van der Waals surface area contributed by atoms with Crippen LogP contribution in [0.25, 0.3) is 22.6 Å². The summed E-state index contributed by atoms with van der Waals surface area (Å²) in [4.78, 5) is 32.2. The first-order valence-electron chi connectivity index (χ1n) is 11.3. The first kappa shape index (κ1) is 24.3. The van der Waals surface area contributed by atoms with Crippen molar-refractivity contribution in [2.45, 2.75) is 25.9 Å². The van der Waals surface area contributed by atoms with Crippen LogP contribution < -0.4 is 5.73 Å². The average molecular weight is 482 g/mol. The molecule has 0 aliphatic carbocycles. The second-order valence-corrected chi connectivity index (χ2v) is 8.19. The van der Waals surface area contributed by atoms with E-state index in [0.29, 0.717) is 35.2 Å². The number of pyridine rings is 1. The number of hydrogen-bond acceptors (Lipinski definition) is 10. The number of anilines is 1. The maximum atomic E-state index is 9.17. The Balaban J connectivity index is 0.000000967. The van der Waals surface area contributed by atoms with Gasteiger partial charge in [-0.05, 0) is 43.7 Å². The van der Waals surface area contributed by atoms with E-state index in [2.05, 4.69) is 44.2 Å². The standard InChI is InChI=1S/C24H23N9.CO2/c1-16(32-9-4-10-32)20-8-3-7-19(27-20)14-33-15-23(30-31-33)22-12-21(28-24(26)29-22)18-6-2-5-17(11-18)13-25;2-1-3/h2-3,5-8,11-12,15-16H,4,9-10,14H2,1H3,(H2,26,28,29);. The Kier molecular flexibility index (Phi) is 7.51. The van der Waals surface area contributed by atoms with Gasteiger partial charge in [-0.25, -0.2) is 14.6 Å². The van der Waals surface area contributed by atoms with E-state index in [-0.39, 0.29) is 12.1 Å². The Labute approximate surface area is 207 Å². The SMILES string of the molecule is CC(c1cccc(Cn2cc(-c3cc(-c4cccc(C#N)c4)nc(N)n3)nn2)n1)N1CCC1.O=C=O. The fourth-order valence-corrected chi connectivity index (χ4v) is 3.89. The van der Waals surface area contributed by atoms with Crippen molar-refractivity contribution in [2.24, 2.45) is 0 Å². The molecule has 180 valence electrons. The number of benzene rings is 1. The van der Waals surface area contributed by atoms with Gasteiger partial charge in [-0.15, -0.1) is 5.10 Å². The van der Waals surface area contributed by atoms with Gasteiger partial charge in [0, 0.05) is 24.7 Å². The summed E-state index contributed by atoms with van der Waals surface area (Å²) >= 11 is 0. The molecule has 0 saturated carbocycles. The summed E-state index contributed by atoms with van der Waals surface area (Å²) < 4.78 is 1.74. The molecule has 2 N–H and O–H groups in total. The van der Waals surface area contributed by atoms with Crippen LogP contribution in [0.5, 0.6) is 0 Å².